The van der Waals surface area contributed by atoms with Crippen molar-refractivity contribution < 1.29 is 23.9 Å². The molecule has 1 aliphatic rings. The molecule has 0 bridgehead atoms. The number of terminal acetylenes is 1. The van der Waals surface area contributed by atoms with Gasteiger partial charge in [0, 0.05) is 36.7 Å². The molecule has 0 aliphatic carbocycles. The molecule has 0 radical (unpaired) electrons. The Balaban J connectivity index is 1.05. The number of carbonyl (C=O) groups is 3. The van der Waals surface area contributed by atoms with Gasteiger partial charge < -0.3 is 34.6 Å². The Bertz CT molecular complexity index is 2560. The van der Waals surface area contributed by atoms with Crippen molar-refractivity contribution in [2.45, 2.75) is 63.8 Å². The highest BCUT2D eigenvalue weighted by Gasteiger charge is 2.39. The van der Waals surface area contributed by atoms with Crippen LogP contribution in [0, 0.1) is 24.2 Å². The lowest BCUT2D eigenvalue weighted by atomic mass is 10.1. The molecule has 4 atom stereocenters. The van der Waals surface area contributed by atoms with Crippen molar-refractivity contribution in [2.24, 2.45) is 0 Å². The summed E-state index contributed by atoms with van der Waals surface area (Å²) in [5.41, 5.74) is 6.04. The SMILES string of the molecule is C#C[C@@H](c1ncc(-c2ccc(C#Cc3ccc4c(ccc5[nH]c([C@@H]6CCCN6C(=O)[C@@H](NC(=O)OC)[C@@H](C)OC)nc54)c3)cc2)[nH]1)N(CCC)C(=O)Cc1ccccc1. The number of rotatable bonds is 12. The van der Waals surface area contributed by atoms with Gasteiger partial charge in [0.25, 0.3) is 0 Å². The maximum atomic E-state index is 13.7. The summed E-state index contributed by atoms with van der Waals surface area (Å²) in [4.78, 5) is 59.0. The first-order valence-electron chi connectivity index (χ1n) is 19.8. The van der Waals surface area contributed by atoms with E-state index >= 15 is 0 Å². The number of aromatic nitrogens is 4. The standard InChI is InChI=1S/C47H47N7O5/c1-6-25-53(41(55)28-32-12-9-8-10-13-32)39(7-2)44-48-29-38(50-44)34-20-17-31(18-21-34)15-16-33-19-23-36-35(27-33)22-24-37-43(36)51-45(49-37)40-14-11-26-54(40)46(56)42(30(3)58-4)52-47(57)59-5/h2,8-10,12-13,17-24,27,29-30,39-40,42H,6,11,14,25-26,28H2,1,3-5H3,(H,48,50)(H,49,51)(H,52,57)/t30-,39+,40+,42+/m1/s1. The Morgan fingerprint density at radius 3 is 2.49 bits per heavy atom. The van der Waals surface area contributed by atoms with Gasteiger partial charge in [-0.2, -0.15) is 0 Å². The molecule has 4 aromatic carbocycles. The number of nitrogens with zero attached hydrogens (tertiary/aromatic N) is 4. The highest BCUT2D eigenvalue weighted by molar-refractivity contribution is 6.04. The second-order valence-corrected chi connectivity index (χ2v) is 14.6. The fourth-order valence-electron chi connectivity index (χ4n) is 7.58. The van der Waals surface area contributed by atoms with E-state index in [0.717, 1.165) is 69.0 Å². The van der Waals surface area contributed by atoms with E-state index in [-0.39, 0.29) is 24.3 Å². The van der Waals surface area contributed by atoms with Crippen LogP contribution in [0.15, 0.2) is 91.1 Å². The number of aromatic amines is 2. The molecule has 0 unspecified atom stereocenters. The van der Waals surface area contributed by atoms with Gasteiger partial charge >= 0.3 is 6.09 Å². The maximum Gasteiger partial charge on any atom is 0.407 e. The molecule has 0 saturated carbocycles. The van der Waals surface area contributed by atoms with Crippen molar-refractivity contribution in [2.75, 3.05) is 27.3 Å². The molecule has 2 aromatic heterocycles. The Labute approximate surface area is 343 Å². The Morgan fingerprint density at radius 1 is 1.00 bits per heavy atom. The predicted octanol–water partition coefficient (Wildman–Crippen LogP) is 7.08. The highest BCUT2D eigenvalue weighted by atomic mass is 16.5. The van der Waals surface area contributed by atoms with Crippen LogP contribution in [0.3, 0.4) is 0 Å². The minimum absolute atomic E-state index is 0.0439. The van der Waals surface area contributed by atoms with Crippen molar-refractivity contribution in [3.63, 3.8) is 0 Å². The van der Waals surface area contributed by atoms with Crippen LogP contribution in [-0.4, -0.2) is 87.1 Å². The third-order valence-corrected chi connectivity index (χ3v) is 10.8. The first-order chi connectivity index (χ1) is 28.7. The van der Waals surface area contributed by atoms with Crippen LogP contribution in [0.5, 0.6) is 0 Å². The number of hydrogen-bond acceptors (Lipinski definition) is 7. The quantitative estimate of drug-likeness (QED) is 0.112. The summed E-state index contributed by atoms with van der Waals surface area (Å²) in [5, 5.41) is 4.60. The third-order valence-electron chi connectivity index (χ3n) is 10.8. The molecule has 3 heterocycles. The Morgan fingerprint density at radius 2 is 1.76 bits per heavy atom. The van der Waals surface area contributed by atoms with E-state index in [1.807, 2.05) is 91.9 Å². The van der Waals surface area contributed by atoms with Crippen LogP contribution in [0.25, 0.3) is 33.1 Å². The van der Waals surface area contributed by atoms with E-state index < -0.39 is 24.3 Å². The summed E-state index contributed by atoms with van der Waals surface area (Å²) in [6, 6.07) is 25.8. The number of benzene rings is 4. The first-order valence-corrected chi connectivity index (χ1v) is 19.8. The summed E-state index contributed by atoms with van der Waals surface area (Å²) in [6.45, 7) is 4.82. The summed E-state index contributed by atoms with van der Waals surface area (Å²) < 4.78 is 10.2. The van der Waals surface area contributed by atoms with Gasteiger partial charge in [-0.3, -0.25) is 9.59 Å². The van der Waals surface area contributed by atoms with Crippen LogP contribution in [0.2, 0.25) is 0 Å². The number of fused-ring (bicyclic) bond motifs is 3. The van der Waals surface area contributed by atoms with E-state index in [1.54, 1.807) is 22.9 Å². The van der Waals surface area contributed by atoms with Crippen LogP contribution in [0.4, 0.5) is 4.79 Å². The monoisotopic (exact) mass is 789 g/mol. The number of ether oxygens (including phenoxy) is 2. The number of hydrogen-bond donors (Lipinski definition) is 3. The Kier molecular flexibility index (Phi) is 12.4. The van der Waals surface area contributed by atoms with Crippen LogP contribution in [-0.2, 0) is 25.5 Å². The molecular weight excluding hydrogens is 743 g/mol. The van der Waals surface area contributed by atoms with Gasteiger partial charge in [-0.15, -0.1) is 6.42 Å². The van der Waals surface area contributed by atoms with Gasteiger partial charge in [-0.25, -0.2) is 14.8 Å². The molecule has 3 N–H and O–H groups in total. The molecule has 1 saturated heterocycles. The average molecular weight is 790 g/mol. The van der Waals surface area contributed by atoms with Gasteiger partial charge in [0.05, 0.1) is 48.6 Å². The molecule has 0 spiro atoms. The topological polar surface area (TPSA) is 146 Å². The number of amides is 3. The average Bonchev–Trinajstić information content (AvgIpc) is 4.05. The van der Waals surface area contributed by atoms with Crippen molar-refractivity contribution >= 4 is 39.7 Å². The van der Waals surface area contributed by atoms with Crippen LogP contribution >= 0.6 is 0 Å². The number of likely N-dealkylation sites (tertiary alicyclic amines) is 1. The second-order valence-electron chi connectivity index (χ2n) is 14.6. The van der Waals surface area contributed by atoms with Crippen molar-refractivity contribution in [3.05, 3.63) is 119 Å². The van der Waals surface area contributed by atoms with Gasteiger partial charge in [0.15, 0.2) is 6.04 Å². The van der Waals surface area contributed by atoms with Gasteiger partial charge in [0.2, 0.25) is 11.8 Å². The largest absolute Gasteiger partial charge is 0.453 e. The third kappa shape index (κ3) is 8.84. The fraction of sp³-hybridized carbons (Fsp3) is 0.298. The lowest BCUT2D eigenvalue weighted by Crippen LogP contribution is -2.54. The zero-order chi connectivity index (χ0) is 41.5. The fourth-order valence-corrected chi connectivity index (χ4v) is 7.58. The summed E-state index contributed by atoms with van der Waals surface area (Å²) in [5.74, 6) is 10.3. The smallest absolute Gasteiger partial charge is 0.407 e. The Hall–Kier alpha value is -6.89. The summed E-state index contributed by atoms with van der Waals surface area (Å²) >= 11 is 0. The molecule has 1 fully saturated rings. The summed E-state index contributed by atoms with van der Waals surface area (Å²) in [6.07, 6.45) is 9.06. The molecule has 59 heavy (non-hydrogen) atoms. The van der Waals surface area contributed by atoms with Crippen molar-refractivity contribution in [1.29, 1.82) is 0 Å². The number of imidazole rings is 2. The lowest BCUT2D eigenvalue weighted by molar-refractivity contribution is -0.137. The normalized spacial score (nSPS) is 15.2. The zero-order valence-corrected chi connectivity index (χ0v) is 33.6. The minimum Gasteiger partial charge on any atom is -0.453 e. The van der Waals surface area contributed by atoms with E-state index in [2.05, 4.69) is 38.0 Å². The van der Waals surface area contributed by atoms with E-state index in [1.165, 1.54) is 14.2 Å². The minimum atomic E-state index is -0.903. The van der Waals surface area contributed by atoms with Crippen molar-refractivity contribution in [1.82, 2.24) is 35.1 Å². The molecule has 300 valence electrons. The second kappa shape index (κ2) is 18.1. The van der Waals surface area contributed by atoms with Gasteiger partial charge in [-0.1, -0.05) is 79.3 Å². The number of alkyl carbamates (subject to hydrolysis) is 1. The number of carbonyl (C=O) groups excluding carboxylic acids is 3. The lowest BCUT2D eigenvalue weighted by Gasteiger charge is -2.30. The van der Waals surface area contributed by atoms with Crippen LogP contribution in [0.1, 0.15) is 73.5 Å². The van der Waals surface area contributed by atoms with Crippen LogP contribution < -0.4 is 5.32 Å². The predicted molar refractivity (Wildman–Crippen MR) is 227 cm³/mol. The molecule has 6 aromatic rings. The zero-order valence-electron chi connectivity index (χ0n) is 33.6. The molecule has 3 amide bonds. The first kappa shape index (κ1) is 40.3. The van der Waals surface area contributed by atoms with E-state index in [0.29, 0.717) is 24.7 Å². The highest BCUT2D eigenvalue weighted by Crippen LogP contribution is 2.34. The maximum absolute atomic E-state index is 13.7. The van der Waals surface area contributed by atoms with E-state index in [4.69, 9.17) is 20.9 Å². The summed E-state index contributed by atoms with van der Waals surface area (Å²) in [7, 11) is 2.76. The number of methoxy groups -OCH3 is 2. The molecule has 12 heteroatoms. The molecule has 1 aliphatic heterocycles. The van der Waals surface area contributed by atoms with E-state index in [9.17, 15) is 14.4 Å². The molecule has 12 nitrogen and oxygen atoms in total. The molecular formula is C47H47N7O5. The number of nitrogens with one attached hydrogen (secondary N) is 3. The van der Waals surface area contributed by atoms with Gasteiger partial charge in [-0.05, 0) is 73.0 Å². The van der Waals surface area contributed by atoms with Gasteiger partial charge in [0.1, 0.15) is 17.7 Å². The number of H-pyrrole nitrogens is 2. The van der Waals surface area contributed by atoms with Crippen molar-refractivity contribution in [3.8, 4) is 35.4 Å². The molecule has 7 rings (SSSR count).